The molecule has 1 aliphatic rings. The number of halogens is 1. The summed E-state index contributed by atoms with van der Waals surface area (Å²) >= 11 is 0. The Kier molecular flexibility index (Phi) is 2.88. The molecule has 82 valence electrons. The number of aromatic hydroxyl groups is 1. The molecule has 4 heteroatoms. The molecule has 0 radical (unpaired) electrons. The zero-order valence-electron chi connectivity index (χ0n) is 8.28. The molecular weight excluding hydrogens is 197 g/mol. The van der Waals surface area contributed by atoms with Crippen LogP contribution < -0.4 is 5.32 Å². The fraction of sp³-hybridized carbons (Fsp3) is 0.455. The van der Waals surface area contributed by atoms with Crippen LogP contribution in [0.3, 0.4) is 0 Å². The number of phenolic OH excluding ortho intramolecular Hbond substituents is 1. The Bertz CT molecular complexity index is 330. The summed E-state index contributed by atoms with van der Waals surface area (Å²) in [6.07, 6.45) is 1.31. The van der Waals surface area contributed by atoms with Gasteiger partial charge in [0.1, 0.15) is 11.6 Å². The van der Waals surface area contributed by atoms with Gasteiger partial charge in [0.2, 0.25) is 0 Å². The summed E-state index contributed by atoms with van der Waals surface area (Å²) in [5.74, 6) is -0.485. The molecule has 15 heavy (non-hydrogen) atoms. The second kappa shape index (κ2) is 4.16. The number of benzene rings is 1. The van der Waals surface area contributed by atoms with Crippen LogP contribution in [0.5, 0.6) is 5.75 Å². The lowest BCUT2D eigenvalue weighted by molar-refractivity contribution is 0.0619. The average molecular weight is 211 g/mol. The van der Waals surface area contributed by atoms with E-state index in [4.69, 9.17) is 10.2 Å². The van der Waals surface area contributed by atoms with Gasteiger partial charge in [-0.25, -0.2) is 4.39 Å². The Morgan fingerprint density at radius 2 is 2.07 bits per heavy atom. The van der Waals surface area contributed by atoms with Crippen LogP contribution in [-0.4, -0.2) is 22.4 Å². The van der Waals surface area contributed by atoms with Crippen LogP contribution in [0, 0.1) is 5.82 Å². The van der Waals surface area contributed by atoms with Gasteiger partial charge in [0.25, 0.3) is 0 Å². The SMILES string of the molecule is Oc1cc(F)cc(CNC2CC(O)C2)c1. The van der Waals surface area contributed by atoms with E-state index in [-0.39, 0.29) is 11.9 Å². The van der Waals surface area contributed by atoms with E-state index in [0.717, 1.165) is 18.9 Å². The van der Waals surface area contributed by atoms with Gasteiger partial charge in [-0.3, -0.25) is 0 Å². The molecule has 0 aliphatic heterocycles. The average Bonchev–Trinajstić information content (AvgIpc) is 2.09. The Labute approximate surface area is 87.6 Å². The molecule has 1 aliphatic carbocycles. The predicted octanol–water partition coefficient (Wildman–Crippen LogP) is 1.14. The van der Waals surface area contributed by atoms with E-state index in [2.05, 4.69) is 5.32 Å². The highest BCUT2D eigenvalue weighted by Gasteiger charge is 2.26. The van der Waals surface area contributed by atoms with E-state index in [1.54, 1.807) is 0 Å². The first kappa shape index (κ1) is 10.4. The minimum Gasteiger partial charge on any atom is -0.508 e. The summed E-state index contributed by atoms with van der Waals surface area (Å²) in [6, 6.07) is 4.31. The topological polar surface area (TPSA) is 52.5 Å². The highest BCUT2D eigenvalue weighted by Crippen LogP contribution is 2.20. The molecule has 0 saturated heterocycles. The van der Waals surface area contributed by atoms with Gasteiger partial charge in [0.05, 0.1) is 6.10 Å². The van der Waals surface area contributed by atoms with Crippen LogP contribution in [0.1, 0.15) is 18.4 Å². The quantitative estimate of drug-likeness (QED) is 0.702. The van der Waals surface area contributed by atoms with Gasteiger partial charge in [-0.15, -0.1) is 0 Å². The summed E-state index contributed by atoms with van der Waals surface area (Å²) in [5, 5.41) is 21.4. The molecule has 1 saturated carbocycles. The molecule has 0 heterocycles. The van der Waals surface area contributed by atoms with Crippen LogP contribution in [-0.2, 0) is 6.54 Å². The number of hydrogen-bond acceptors (Lipinski definition) is 3. The molecular formula is C11H14FNO2. The third-order valence-electron chi connectivity index (χ3n) is 2.65. The summed E-state index contributed by atoms with van der Waals surface area (Å²) in [6.45, 7) is 0.517. The zero-order valence-corrected chi connectivity index (χ0v) is 8.28. The second-order valence-corrected chi connectivity index (χ2v) is 4.02. The molecule has 0 unspecified atom stereocenters. The van der Waals surface area contributed by atoms with Crippen molar-refractivity contribution in [3.8, 4) is 5.75 Å². The van der Waals surface area contributed by atoms with Gasteiger partial charge in [-0.05, 0) is 30.5 Å². The molecule has 1 aromatic rings. The maximum atomic E-state index is 12.9. The maximum Gasteiger partial charge on any atom is 0.127 e. The van der Waals surface area contributed by atoms with E-state index in [0.29, 0.717) is 18.2 Å². The molecule has 0 spiro atoms. The van der Waals surface area contributed by atoms with Crippen molar-refractivity contribution in [3.63, 3.8) is 0 Å². The first-order valence-electron chi connectivity index (χ1n) is 5.03. The molecule has 2 rings (SSSR count). The van der Waals surface area contributed by atoms with Crippen LogP contribution in [0.4, 0.5) is 4.39 Å². The lowest BCUT2D eigenvalue weighted by atomic mass is 9.89. The fourth-order valence-electron chi connectivity index (χ4n) is 1.75. The van der Waals surface area contributed by atoms with Gasteiger partial charge in [0, 0.05) is 18.7 Å². The van der Waals surface area contributed by atoms with Crippen LogP contribution in [0.25, 0.3) is 0 Å². The largest absolute Gasteiger partial charge is 0.508 e. The highest BCUT2D eigenvalue weighted by atomic mass is 19.1. The van der Waals surface area contributed by atoms with Gasteiger partial charge in [0.15, 0.2) is 0 Å². The smallest absolute Gasteiger partial charge is 0.127 e. The van der Waals surface area contributed by atoms with Gasteiger partial charge < -0.3 is 15.5 Å². The monoisotopic (exact) mass is 211 g/mol. The summed E-state index contributed by atoms with van der Waals surface area (Å²) in [7, 11) is 0. The molecule has 3 nitrogen and oxygen atoms in total. The van der Waals surface area contributed by atoms with Crippen molar-refractivity contribution in [1.29, 1.82) is 0 Å². The molecule has 0 aromatic heterocycles. The molecule has 0 amide bonds. The van der Waals surface area contributed by atoms with Crippen molar-refractivity contribution in [3.05, 3.63) is 29.6 Å². The number of aliphatic hydroxyl groups is 1. The zero-order chi connectivity index (χ0) is 10.8. The fourth-order valence-corrected chi connectivity index (χ4v) is 1.75. The molecule has 1 fully saturated rings. The molecule has 0 atom stereocenters. The summed E-state index contributed by atoms with van der Waals surface area (Å²) in [5.41, 5.74) is 0.717. The third-order valence-corrected chi connectivity index (χ3v) is 2.65. The Hall–Kier alpha value is -1.13. The van der Waals surface area contributed by atoms with Gasteiger partial charge in [-0.2, -0.15) is 0 Å². The molecule has 3 N–H and O–H groups in total. The van der Waals surface area contributed by atoms with E-state index >= 15 is 0 Å². The van der Waals surface area contributed by atoms with Crippen molar-refractivity contribution >= 4 is 0 Å². The van der Waals surface area contributed by atoms with E-state index < -0.39 is 5.82 Å². The predicted molar refractivity (Wildman–Crippen MR) is 53.9 cm³/mol. The molecule has 0 bridgehead atoms. The van der Waals surface area contributed by atoms with Gasteiger partial charge >= 0.3 is 0 Å². The first-order valence-corrected chi connectivity index (χ1v) is 5.03. The number of rotatable bonds is 3. The van der Waals surface area contributed by atoms with Crippen molar-refractivity contribution in [2.24, 2.45) is 0 Å². The highest BCUT2D eigenvalue weighted by molar-refractivity contribution is 5.28. The Morgan fingerprint density at radius 3 is 2.67 bits per heavy atom. The molecule has 1 aromatic carbocycles. The van der Waals surface area contributed by atoms with Crippen LogP contribution >= 0.6 is 0 Å². The first-order chi connectivity index (χ1) is 7.13. The summed E-state index contributed by atoms with van der Waals surface area (Å²) < 4.78 is 12.9. The standard InChI is InChI=1S/C11H14FNO2/c12-8-1-7(2-10(14)3-8)6-13-9-4-11(15)5-9/h1-3,9,11,13-15H,4-6H2. The number of nitrogens with one attached hydrogen (secondary N) is 1. The number of phenols is 1. The van der Waals surface area contributed by atoms with Crippen molar-refractivity contribution < 1.29 is 14.6 Å². The second-order valence-electron chi connectivity index (χ2n) is 4.02. The minimum absolute atomic E-state index is 0.0551. The van der Waals surface area contributed by atoms with Crippen molar-refractivity contribution in [2.75, 3.05) is 0 Å². The minimum atomic E-state index is -0.430. The van der Waals surface area contributed by atoms with E-state index in [1.807, 2.05) is 0 Å². The van der Waals surface area contributed by atoms with E-state index in [1.165, 1.54) is 12.1 Å². The van der Waals surface area contributed by atoms with Crippen molar-refractivity contribution in [1.82, 2.24) is 5.32 Å². The third kappa shape index (κ3) is 2.67. The summed E-state index contributed by atoms with van der Waals surface area (Å²) in [4.78, 5) is 0. The van der Waals surface area contributed by atoms with E-state index in [9.17, 15) is 4.39 Å². The normalized spacial score (nSPS) is 24.9. The van der Waals surface area contributed by atoms with Crippen molar-refractivity contribution in [2.45, 2.75) is 31.5 Å². The lowest BCUT2D eigenvalue weighted by Gasteiger charge is -2.32. The maximum absolute atomic E-state index is 12.9. The number of hydrogen-bond donors (Lipinski definition) is 3. The van der Waals surface area contributed by atoms with Crippen LogP contribution in [0.2, 0.25) is 0 Å². The van der Waals surface area contributed by atoms with Crippen LogP contribution in [0.15, 0.2) is 18.2 Å². The number of aliphatic hydroxyl groups excluding tert-OH is 1. The lowest BCUT2D eigenvalue weighted by Crippen LogP contribution is -2.43. The Morgan fingerprint density at radius 1 is 1.33 bits per heavy atom. The van der Waals surface area contributed by atoms with Gasteiger partial charge in [-0.1, -0.05) is 0 Å². The Balaban J connectivity index is 1.88.